The van der Waals surface area contributed by atoms with E-state index in [1.807, 2.05) is 36.2 Å². The summed E-state index contributed by atoms with van der Waals surface area (Å²) in [4.78, 5) is 18.0. The van der Waals surface area contributed by atoms with Crippen LogP contribution in [0.25, 0.3) is 0 Å². The van der Waals surface area contributed by atoms with Crippen molar-refractivity contribution in [3.05, 3.63) is 65.2 Å². The molecule has 138 valence electrons. The molecule has 0 aliphatic carbocycles. The summed E-state index contributed by atoms with van der Waals surface area (Å²) in [7, 11) is 4.01. The normalized spacial score (nSPS) is 17.0. The number of aliphatic hydroxyl groups is 1. The van der Waals surface area contributed by atoms with Crippen LogP contribution in [-0.2, 0) is 13.0 Å². The molecular formula is C21H26N2O2S. The zero-order valence-corrected chi connectivity index (χ0v) is 16.2. The molecular weight excluding hydrogens is 344 g/mol. The molecule has 3 rings (SSSR count). The first-order valence-electron chi connectivity index (χ1n) is 8.94. The first kappa shape index (κ1) is 19.0. The minimum Gasteiger partial charge on any atom is -0.396 e. The van der Waals surface area contributed by atoms with E-state index in [1.165, 1.54) is 11.1 Å². The Hall–Kier alpha value is -1.82. The molecule has 26 heavy (non-hydrogen) atoms. The monoisotopic (exact) mass is 370 g/mol. The zero-order chi connectivity index (χ0) is 18.5. The highest BCUT2D eigenvalue weighted by Crippen LogP contribution is 2.23. The summed E-state index contributed by atoms with van der Waals surface area (Å²) < 4.78 is 0. The van der Waals surface area contributed by atoms with Crippen LogP contribution in [0.3, 0.4) is 0 Å². The van der Waals surface area contributed by atoms with E-state index in [1.54, 1.807) is 11.8 Å². The Labute approximate surface area is 159 Å². The average molecular weight is 371 g/mol. The number of benzene rings is 2. The highest BCUT2D eigenvalue weighted by Gasteiger charge is 2.25. The first-order chi connectivity index (χ1) is 12.6. The molecule has 2 aromatic rings. The van der Waals surface area contributed by atoms with Crippen LogP contribution in [0.15, 0.2) is 53.4 Å². The Balaban J connectivity index is 1.62. The van der Waals surface area contributed by atoms with Crippen molar-refractivity contribution in [1.82, 2.24) is 9.80 Å². The van der Waals surface area contributed by atoms with E-state index in [9.17, 15) is 4.79 Å². The maximum Gasteiger partial charge on any atom is 0.253 e. The fraction of sp³-hybridized carbons (Fsp3) is 0.381. The Bertz CT molecular complexity index is 748. The smallest absolute Gasteiger partial charge is 0.253 e. The van der Waals surface area contributed by atoms with Gasteiger partial charge in [0.05, 0.1) is 6.61 Å². The van der Waals surface area contributed by atoms with Gasteiger partial charge in [0.15, 0.2) is 0 Å². The molecule has 0 radical (unpaired) electrons. The van der Waals surface area contributed by atoms with Crippen LogP contribution in [0.4, 0.5) is 0 Å². The number of thioether (sulfide) groups is 1. The summed E-state index contributed by atoms with van der Waals surface area (Å²) in [5, 5.41) is 8.90. The third-order valence-electron chi connectivity index (χ3n) is 4.91. The number of nitrogens with zero attached hydrogens (tertiary/aromatic N) is 2. The SMILES string of the molecule is CN(C[C@H]1Cc2ccccc2CN1C)C(=O)c1ccc(SCCO)cc1. The van der Waals surface area contributed by atoms with Crippen molar-refractivity contribution in [3.8, 4) is 0 Å². The molecule has 5 heteroatoms. The van der Waals surface area contributed by atoms with Gasteiger partial charge in [0.2, 0.25) is 0 Å². The second kappa shape index (κ2) is 8.71. The van der Waals surface area contributed by atoms with Crippen LogP contribution < -0.4 is 0 Å². The topological polar surface area (TPSA) is 43.8 Å². The molecule has 4 nitrogen and oxygen atoms in total. The summed E-state index contributed by atoms with van der Waals surface area (Å²) in [5.74, 6) is 0.721. The van der Waals surface area contributed by atoms with Gasteiger partial charge in [0.25, 0.3) is 5.91 Å². The Morgan fingerprint density at radius 2 is 1.88 bits per heavy atom. The average Bonchev–Trinajstić information content (AvgIpc) is 2.66. The predicted octanol–water partition coefficient (Wildman–Crippen LogP) is 2.90. The highest BCUT2D eigenvalue weighted by atomic mass is 32.2. The molecule has 0 saturated carbocycles. The minimum absolute atomic E-state index is 0.0518. The Kier molecular flexibility index (Phi) is 6.35. The highest BCUT2D eigenvalue weighted by molar-refractivity contribution is 7.99. The van der Waals surface area contributed by atoms with Crippen molar-refractivity contribution < 1.29 is 9.90 Å². The zero-order valence-electron chi connectivity index (χ0n) is 15.4. The lowest BCUT2D eigenvalue weighted by molar-refractivity contribution is 0.0733. The van der Waals surface area contributed by atoms with Crippen LogP contribution in [-0.4, -0.2) is 59.9 Å². The van der Waals surface area contributed by atoms with E-state index in [0.717, 1.165) is 17.9 Å². The molecule has 0 spiro atoms. The van der Waals surface area contributed by atoms with E-state index in [-0.39, 0.29) is 12.5 Å². The standard InChI is InChI=1S/C21H26N2O2S/c1-22-14-18-6-4-3-5-17(18)13-19(22)15-23(2)21(25)16-7-9-20(10-8-16)26-12-11-24/h3-10,19,24H,11-15H2,1-2H3/t19-/m1/s1. The summed E-state index contributed by atoms with van der Waals surface area (Å²) >= 11 is 1.59. The van der Waals surface area contributed by atoms with Crippen molar-refractivity contribution in [2.75, 3.05) is 33.0 Å². The van der Waals surface area contributed by atoms with E-state index in [2.05, 4.69) is 36.2 Å². The minimum atomic E-state index is 0.0518. The third-order valence-corrected chi connectivity index (χ3v) is 5.90. The maximum atomic E-state index is 12.8. The van der Waals surface area contributed by atoms with Crippen LogP contribution in [0.5, 0.6) is 0 Å². The molecule has 0 fully saturated rings. The molecule has 1 heterocycles. The van der Waals surface area contributed by atoms with Gasteiger partial charge in [0.1, 0.15) is 0 Å². The molecule has 0 saturated heterocycles. The van der Waals surface area contributed by atoms with Crippen LogP contribution in [0, 0.1) is 0 Å². The van der Waals surface area contributed by atoms with E-state index in [0.29, 0.717) is 23.9 Å². The lowest BCUT2D eigenvalue weighted by atomic mass is 9.94. The summed E-state index contributed by atoms with van der Waals surface area (Å²) in [6.45, 7) is 1.80. The third kappa shape index (κ3) is 4.47. The van der Waals surface area contributed by atoms with Gasteiger partial charge in [-0.25, -0.2) is 0 Å². The fourth-order valence-electron chi connectivity index (χ4n) is 3.40. The summed E-state index contributed by atoms with van der Waals surface area (Å²) in [6.07, 6.45) is 0.973. The number of likely N-dealkylation sites (N-methyl/N-ethyl adjacent to an activating group) is 2. The van der Waals surface area contributed by atoms with Gasteiger partial charge < -0.3 is 10.0 Å². The van der Waals surface area contributed by atoms with Gasteiger partial charge in [-0.3, -0.25) is 9.69 Å². The van der Waals surface area contributed by atoms with Crippen molar-refractivity contribution in [2.45, 2.75) is 23.9 Å². The predicted molar refractivity (Wildman–Crippen MR) is 107 cm³/mol. The van der Waals surface area contributed by atoms with E-state index < -0.39 is 0 Å². The van der Waals surface area contributed by atoms with Crippen LogP contribution >= 0.6 is 11.8 Å². The molecule has 1 aliphatic heterocycles. The number of amides is 1. The van der Waals surface area contributed by atoms with E-state index in [4.69, 9.17) is 5.11 Å². The van der Waals surface area contributed by atoms with Crippen LogP contribution in [0.2, 0.25) is 0 Å². The largest absolute Gasteiger partial charge is 0.396 e. The van der Waals surface area contributed by atoms with Crippen molar-refractivity contribution in [3.63, 3.8) is 0 Å². The molecule has 2 aromatic carbocycles. The Morgan fingerprint density at radius 3 is 2.58 bits per heavy atom. The number of hydrogen-bond donors (Lipinski definition) is 1. The van der Waals surface area contributed by atoms with Gasteiger partial charge in [-0.1, -0.05) is 24.3 Å². The number of rotatable bonds is 6. The molecule has 1 atom stereocenters. The number of aliphatic hydroxyl groups excluding tert-OH is 1. The lowest BCUT2D eigenvalue weighted by Gasteiger charge is -2.36. The molecule has 1 N–H and O–H groups in total. The molecule has 0 unspecified atom stereocenters. The number of hydrogen-bond acceptors (Lipinski definition) is 4. The number of carbonyl (C=O) groups is 1. The number of fused-ring (bicyclic) bond motifs is 1. The second-order valence-electron chi connectivity index (χ2n) is 6.82. The van der Waals surface area contributed by atoms with E-state index >= 15 is 0 Å². The van der Waals surface area contributed by atoms with Crippen molar-refractivity contribution in [2.24, 2.45) is 0 Å². The summed E-state index contributed by atoms with van der Waals surface area (Å²) in [6, 6.07) is 16.5. The first-order valence-corrected chi connectivity index (χ1v) is 9.93. The van der Waals surface area contributed by atoms with Crippen molar-refractivity contribution >= 4 is 17.7 Å². The molecule has 0 aromatic heterocycles. The fourth-order valence-corrected chi connectivity index (χ4v) is 4.05. The van der Waals surface area contributed by atoms with Gasteiger partial charge in [-0.15, -0.1) is 11.8 Å². The molecule has 1 aliphatic rings. The van der Waals surface area contributed by atoms with Crippen molar-refractivity contribution in [1.29, 1.82) is 0 Å². The van der Waals surface area contributed by atoms with Crippen LogP contribution in [0.1, 0.15) is 21.5 Å². The molecule has 1 amide bonds. The lowest BCUT2D eigenvalue weighted by Crippen LogP contribution is -2.46. The maximum absolute atomic E-state index is 12.8. The second-order valence-corrected chi connectivity index (χ2v) is 7.99. The molecule has 0 bridgehead atoms. The van der Waals surface area contributed by atoms with Gasteiger partial charge in [-0.2, -0.15) is 0 Å². The van der Waals surface area contributed by atoms with Gasteiger partial charge in [-0.05, 0) is 48.9 Å². The van der Waals surface area contributed by atoms with Gasteiger partial charge in [0, 0.05) is 42.4 Å². The number of carbonyl (C=O) groups excluding carboxylic acids is 1. The summed E-state index contributed by atoms with van der Waals surface area (Å²) in [5.41, 5.74) is 3.48. The van der Waals surface area contributed by atoms with Gasteiger partial charge >= 0.3 is 0 Å². The Morgan fingerprint density at radius 1 is 1.19 bits per heavy atom. The quantitative estimate of drug-likeness (QED) is 0.794.